The maximum absolute atomic E-state index is 14.1. The molecule has 1 fully saturated rings. The number of benzene rings is 3. The molecule has 9 nitrogen and oxygen atoms in total. The number of ether oxygens (including phenoxy) is 2. The molecule has 3 atom stereocenters. The first-order chi connectivity index (χ1) is 23.1. The second-order valence-corrected chi connectivity index (χ2v) is 13.1. The van der Waals surface area contributed by atoms with Gasteiger partial charge in [-0.1, -0.05) is 47.4 Å². The SMILES string of the molecule is COc1ccc([C@@H]2c3sc(=O)n(CC(=O)Nc4cccc(C(F)(F)F)c4)c3S[C@H]3C(=O)N(c4ccccc4C(F)(F)F)C(=O)[C@@H]23)cc1OC. The summed E-state index contributed by atoms with van der Waals surface area (Å²) in [7, 11) is 2.76. The number of imide groups is 1. The number of rotatable bonds is 7. The van der Waals surface area contributed by atoms with Crippen molar-refractivity contribution in [3.63, 3.8) is 0 Å². The molecular formula is C32H23F6N3O6S2. The number of carbonyl (C=O) groups excluding carboxylic acids is 3. The number of nitrogens with one attached hydrogen (secondary N) is 1. The minimum absolute atomic E-state index is 0.113. The van der Waals surface area contributed by atoms with Gasteiger partial charge in [0.1, 0.15) is 11.8 Å². The standard InChI is InChI=1S/C32H23F6N3O6S2/c1-46-20-11-10-15(12-21(20)47-2)23-24-25(28(44)41(27(24)43)19-9-4-3-8-18(19)32(36,37)38)48-29-26(23)49-30(45)40(29)14-22(42)39-17-7-5-6-16(13-17)31(33,34)35/h3-13,23-25H,14H2,1-2H3,(H,39,42)/t23-,24-,25+/m0/s1. The average Bonchev–Trinajstić information content (AvgIpc) is 3.49. The van der Waals surface area contributed by atoms with Gasteiger partial charge in [0, 0.05) is 16.5 Å². The molecule has 2 aliphatic rings. The van der Waals surface area contributed by atoms with Gasteiger partial charge in [-0.15, -0.1) is 0 Å². The third kappa shape index (κ3) is 6.16. The zero-order valence-corrected chi connectivity index (χ0v) is 26.9. The highest BCUT2D eigenvalue weighted by atomic mass is 32.2. The van der Waals surface area contributed by atoms with Gasteiger partial charge in [-0.05, 0) is 48.0 Å². The van der Waals surface area contributed by atoms with Crippen LogP contribution in [0.15, 0.2) is 76.6 Å². The van der Waals surface area contributed by atoms with Gasteiger partial charge in [-0.25, -0.2) is 4.90 Å². The number of anilines is 2. The number of fused-ring (bicyclic) bond motifs is 2. The summed E-state index contributed by atoms with van der Waals surface area (Å²) in [6.45, 7) is -0.674. The van der Waals surface area contributed by atoms with Gasteiger partial charge in [-0.3, -0.25) is 23.7 Å². The normalized spacial score (nSPS) is 19.0. The highest BCUT2D eigenvalue weighted by molar-refractivity contribution is 8.00. The number of para-hydroxylation sites is 1. The van der Waals surface area contributed by atoms with Crippen LogP contribution in [0, 0.1) is 5.92 Å². The predicted molar refractivity (Wildman–Crippen MR) is 167 cm³/mol. The molecule has 0 spiro atoms. The number of aromatic nitrogens is 1. The Morgan fingerprint density at radius 2 is 1.57 bits per heavy atom. The van der Waals surface area contributed by atoms with Crippen LogP contribution < -0.4 is 24.6 Å². The van der Waals surface area contributed by atoms with Gasteiger partial charge in [-0.2, -0.15) is 26.3 Å². The number of methoxy groups -OCH3 is 2. The van der Waals surface area contributed by atoms with Crippen molar-refractivity contribution in [3.8, 4) is 11.5 Å². The van der Waals surface area contributed by atoms with Crippen LogP contribution in [-0.4, -0.2) is 41.8 Å². The van der Waals surface area contributed by atoms with Gasteiger partial charge in [0.05, 0.1) is 42.0 Å². The Morgan fingerprint density at radius 1 is 0.857 bits per heavy atom. The van der Waals surface area contributed by atoms with Crippen molar-refractivity contribution in [3.05, 3.63) is 98.0 Å². The van der Waals surface area contributed by atoms with Crippen molar-refractivity contribution in [1.29, 1.82) is 0 Å². The summed E-state index contributed by atoms with van der Waals surface area (Å²) in [6.07, 6.45) is -9.57. The highest BCUT2D eigenvalue weighted by Crippen LogP contribution is 2.55. The number of hydrogen-bond acceptors (Lipinski definition) is 8. The molecule has 0 bridgehead atoms. The van der Waals surface area contributed by atoms with Crippen LogP contribution in [0.5, 0.6) is 11.5 Å². The molecule has 4 aromatic rings. The van der Waals surface area contributed by atoms with Gasteiger partial charge >= 0.3 is 17.2 Å². The molecule has 1 N–H and O–H groups in total. The zero-order valence-electron chi connectivity index (χ0n) is 25.2. The van der Waals surface area contributed by atoms with Gasteiger partial charge < -0.3 is 14.8 Å². The first-order valence-corrected chi connectivity index (χ1v) is 16.0. The second-order valence-electron chi connectivity index (χ2n) is 10.9. The molecule has 1 saturated heterocycles. The van der Waals surface area contributed by atoms with Crippen molar-refractivity contribution in [2.24, 2.45) is 5.92 Å². The number of alkyl halides is 6. The molecule has 0 aliphatic carbocycles. The number of halogens is 6. The molecule has 3 aromatic carbocycles. The first-order valence-electron chi connectivity index (χ1n) is 14.3. The molecule has 0 saturated carbocycles. The smallest absolute Gasteiger partial charge is 0.418 e. The van der Waals surface area contributed by atoms with Gasteiger partial charge in [0.25, 0.3) is 0 Å². The molecular weight excluding hydrogens is 700 g/mol. The topological polar surface area (TPSA) is 107 Å². The Balaban J connectivity index is 1.44. The molecule has 49 heavy (non-hydrogen) atoms. The van der Waals surface area contributed by atoms with Crippen molar-refractivity contribution in [2.75, 3.05) is 24.4 Å². The van der Waals surface area contributed by atoms with Crippen molar-refractivity contribution >= 4 is 52.2 Å². The van der Waals surface area contributed by atoms with Crippen LogP contribution in [-0.2, 0) is 33.3 Å². The molecule has 6 rings (SSSR count). The van der Waals surface area contributed by atoms with E-state index in [2.05, 4.69) is 5.32 Å². The monoisotopic (exact) mass is 723 g/mol. The highest BCUT2D eigenvalue weighted by Gasteiger charge is 2.58. The van der Waals surface area contributed by atoms with Crippen molar-refractivity contribution in [1.82, 2.24) is 4.57 Å². The molecule has 1 aromatic heterocycles. The Hall–Kier alpha value is -4.77. The van der Waals surface area contributed by atoms with E-state index in [1.807, 2.05) is 0 Å². The van der Waals surface area contributed by atoms with Crippen LogP contribution in [0.3, 0.4) is 0 Å². The fraction of sp³-hybridized carbons (Fsp3) is 0.250. The Kier molecular flexibility index (Phi) is 8.77. The summed E-state index contributed by atoms with van der Waals surface area (Å²) in [5.41, 5.74) is -2.64. The summed E-state index contributed by atoms with van der Waals surface area (Å²) in [5, 5.41) is 1.14. The Labute approximate surface area is 281 Å². The maximum Gasteiger partial charge on any atom is 0.418 e. The van der Waals surface area contributed by atoms with E-state index in [-0.39, 0.29) is 21.3 Å². The van der Waals surface area contributed by atoms with E-state index in [9.17, 15) is 45.5 Å². The predicted octanol–water partition coefficient (Wildman–Crippen LogP) is 6.40. The summed E-state index contributed by atoms with van der Waals surface area (Å²) in [4.78, 5) is 54.6. The van der Waals surface area contributed by atoms with Crippen LogP contribution in [0.25, 0.3) is 0 Å². The van der Waals surface area contributed by atoms with Crippen LogP contribution in [0.4, 0.5) is 37.7 Å². The molecule has 3 heterocycles. The first kappa shape index (κ1) is 34.1. The average molecular weight is 724 g/mol. The van der Waals surface area contributed by atoms with Crippen LogP contribution in [0.2, 0.25) is 0 Å². The molecule has 3 amide bonds. The van der Waals surface area contributed by atoms with Crippen LogP contribution in [0.1, 0.15) is 27.5 Å². The lowest BCUT2D eigenvalue weighted by atomic mass is 9.83. The summed E-state index contributed by atoms with van der Waals surface area (Å²) >= 11 is 1.44. The summed E-state index contributed by atoms with van der Waals surface area (Å²) in [6, 6.07) is 12.7. The van der Waals surface area contributed by atoms with E-state index in [4.69, 9.17) is 9.47 Å². The summed E-state index contributed by atoms with van der Waals surface area (Å²) in [5.74, 6) is -4.49. The van der Waals surface area contributed by atoms with E-state index >= 15 is 0 Å². The zero-order chi connectivity index (χ0) is 35.4. The van der Waals surface area contributed by atoms with Gasteiger partial charge in [0.2, 0.25) is 17.7 Å². The summed E-state index contributed by atoms with van der Waals surface area (Å²) < 4.78 is 93.5. The number of thiazole rings is 1. The van der Waals surface area contributed by atoms with Crippen LogP contribution >= 0.6 is 23.1 Å². The van der Waals surface area contributed by atoms with E-state index in [0.29, 0.717) is 27.5 Å². The number of thioether (sulfide) groups is 1. The lowest BCUT2D eigenvalue weighted by Crippen LogP contribution is -2.33. The lowest BCUT2D eigenvalue weighted by Gasteiger charge is -2.31. The van der Waals surface area contributed by atoms with Crippen molar-refractivity contribution in [2.45, 2.75) is 35.1 Å². The fourth-order valence-corrected chi connectivity index (χ4v) is 8.70. The molecule has 17 heteroatoms. The number of amides is 3. The van der Waals surface area contributed by atoms with E-state index in [0.717, 1.165) is 52.7 Å². The second kappa shape index (κ2) is 12.6. The number of carbonyl (C=O) groups is 3. The fourth-order valence-electron chi connectivity index (χ4n) is 5.92. The largest absolute Gasteiger partial charge is 0.493 e. The Morgan fingerprint density at radius 3 is 2.24 bits per heavy atom. The Bertz CT molecular complexity index is 2040. The minimum atomic E-state index is -4.90. The maximum atomic E-state index is 14.1. The minimum Gasteiger partial charge on any atom is -0.493 e. The molecule has 0 unspecified atom stereocenters. The lowest BCUT2D eigenvalue weighted by molar-refractivity contribution is -0.138. The van der Waals surface area contributed by atoms with E-state index in [1.165, 1.54) is 38.5 Å². The van der Waals surface area contributed by atoms with Gasteiger partial charge in [0.15, 0.2) is 11.5 Å². The van der Waals surface area contributed by atoms with Crippen molar-refractivity contribution < 1.29 is 50.2 Å². The molecule has 0 radical (unpaired) electrons. The third-order valence-electron chi connectivity index (χ3n) is 8.04. The van der Waals surface area contributed by atoms with E-state index < -0.39 is 75.4 Å². The molecule has 2 aliphatic heterocycles. The number of nitrogens with zero attached hydrogens (tertiary/aromatic N) is 2. The van der Waals surface area contributed by atoms with E-state index in [1.54, 1.807) is 6.07 Å². The quantitative estimate of drug-likeness (QED) is 0.174. The number of hydrogen-bond donors (Lipinski definition) is 1. The molecule has 256 valence electrons. The third-order valence-corrected chi connectivity index (χ3v) is 10.6.